The Balaban J connectivity index is 1.95. The molecular weight excluding hydrogens is 355 g/mol. The van der Waals surface area contributed by atoms with Crippen molar-refractivity contribution in [2.45, 2.75) is 52.4 Å². The van der Waals surface area contributed by atoms with Crippen molar-refractivity contribution in [2.75, 3.05) is 13.3 Å². The molecule has 0 aliphatic carbocycles. The first-order chi connectivity index (χ1) is 12.1. The molecule has 0 saturated carbocycles. The normalized spacial score (nSPS) is 15.3. The van der Waals surface area contributed by atoms with Crippen LogP contribution in [-0.2, 0) is 21.7 Å². The number of hydrazine groups is 1. The smallest absolute Gasteiger partial charge is 0.157 e. The summed E-state index contributed by atoms with van der Waals surface area (Å²) >= 11 is 6.32. The molecule has 0 bridgehead atoms. The summed E-state index contributed by atoms with van der Waals surface area (Å²) < 4.78 is 23.7. The number of alkyl halides is 1. The van der Waals surface area contributed by atoms with Crippen molar-refractivity contribution in [2.24, 2.45) is 0 Å². The first kappa shape index (κ1) is 20.6. The van der Waals surface area contributed by atoms with E-state index in [1.54, 1.807) is 6.20 Å². The van der Waals surface area contributed by atoms with Gasteiger partial charge in [-0.1, -0.05) is 35.9 Å². The highest BCUT2D eigenvalue weighted by molar-refractivity contribution is 6.31. The van der Waals surface area contributed by atoms with Crippen molar-refractivity contribution < 1.29 is 13.9 Å². The third-order valence-electron chi connectivity index (χ3n) is 4.12. The molecule has 0 fully saturated rings. The molecule has 2 rings (SSSR count). The highest BCUT2D eigenvalue weighted by atomic mass is 35.5. The molecule has 1 N–H and O–H groups in total. The van der Waals surface area contributed by atoms with Crippen LogP contribution in [0.1, 0.15) is 45.7 Å². The minimum absolute atomic E-state index is 0.0883. The van der Waals surface area contributed by atoms with Gasteiger partial charge < -0.3 is 14.9 Å². The van der Waals surface area contributed by atoms with Crippen LogP contribution in [-0.4, -0.2) is 23.8 Å². The molecule has 4 nitrogen and oxygen atoms in total. The van der Waals surface area contributed by atoms with Crippen molar-refractivity contribution in [1.82, 2.24) is 10.4 Å². The molecule has 144 valence electrons. The van der Waals surface area contributed by atoms with Crippen LogP contribution in [0.2, 0.25) is 0 Å². The second kappa shape index (κ2) is 8.31. The summed E-state index contributed by atoms with van der Waals surface area (Å²) in [5.41, 5.74) is 4.56. The van der Waals surface area contributed by atoms with Crippen molar-refractivity contribution >= 4 is 11.6 Å². The van der Waals surface area contributed by atoms with Gasteiger partial charge in [0, 0.05) is 6.20 Å². The molecule has 1 heterocycles. The van der Waals surface area contributed by atoms with Crippen molar-refractivity contribution in [3.8, 4) is 0 Å². The zero-order chi connectivity index (χ0) is 19.4. The van der Waals surface area contributed by atoms with Gasteiger partial charge in [0.1, 0.15) is 18.3 Å². The lowest BCUT2D eigenvalue weighted by atomic mass is 9.97. The maximum atomic E-state index is 12.3. The topological polar surface area (TPSA) is 33.7 Å². The molecule has 0 radical (unpaired) electrons. The minimum Gasteiger partial charge on any atom is -0.486 e. The third-order valence-corrected chi connectivity index (χ3v) is 4.40. The Morgan fingerprint density at radius 3 is 2.31 bits per heavy atom. The summed E-state index contributed by atoms with van der Waals surface area (Å²) in [6, 6.07) is 7.91. The van der Waals surface area contributed by atoms with E-state index in [1.807, 2.05) is 49.3 Å². The van der Waals surface area contributed by atoms with Crippen LogP contribution in [0.4, 0.5) is 4.39 Å². The van der Waals surface area contributed by atoms with E-state index in [0.717, 1.165) is 11.1 Å². The predicted octanol–water partition coefficient (Wildman–Crippen LogP) is 4.96. The summed E-state index contributed by atoms with van der Waals surface area (Å²) in [6.45, 7) is 10.1. The van der Waals surface area contributed by atoms with E-state index >= 15 is 0 Å². The molecule has 0 amide bonds. The average molecular weight is 383 g/mol. The van der Waals surface area contributed by atoms with Crippen LogP contribution in [0.5, 0.6) is 0 Å². The van der Waals surface area contributed by atoms with E-state index < -0.39 is 12.3 Å². The second-order valence-electron chi connectivity index (χ2n) is 7.69. The molecule has 0 spiro atoms. The number of ether oxygens (including phenoxy) is 2. The number of benzene rings is 1. The predicted molar refractivity (Wildman–Crippen MR) is 103 cm³/mol. The monoisotopic (exact) mass is 382 g/mol. The minimum atomic E-state index is -0.524. The third kappa shape index (κ3) is 5.39. The summed E-state index contributed by atoms with van der Waals surface area (Å²) in [5.74, 6) is 0.600. The van der Waals surface area contributed by atoms with Gasteiger partial charge >= 0.3 is 0 Å². The fraction of sp³-hybridized carbons (Fsp3) is 0.500. The Morgan fingerprint density at radius 2 is 1.77 bits per heavy atom. The Kier molecular flexibility index (Phi) is 6.58. The highest BCUT2D eigenvalue weighted by Gasteiger charge is 2.23. The van der Waals surface area contributed by atoms with E-state index in [2.05, 4.69) is 26.2 Å². The van der Waals surface area contributed by atoms with E-state index in [4.69, 9.17) is 21.1 Å². The van der Waals surface area contributed by atoms with Crippen LogP contribution < -0.4 is 5.43 Å². The number of nitrogens with one attached hydrogen (secondary N) is 1. The molecule has 1 aliphatic heterocycles. The quantitative estimate of drug-likeness (QED) is 0.722. The van der Waals surface area contributed by atoms with Crippen LogP contribution in [0.15, 0.2) is 47.5 Å². The molecule has 26 heavy (non-hydrogen) atoms. The summed E-state index contributed by atoms with van der Waals surface area (Å²) in [6.07, 6.45) is 3.58. The summed E-state index contributed by atoms with van der Waals surface area (Å²) in [5, 5.41) is 2.48. The maximum absolute atomic E-state index is 12.3. The zero-order valence-corrected chi connectivity index (χ0v) is 16.9. The van der Waals surface area contributed by atoms with Crippen molar-refractivity contribution in [1.29, 1.82) is 0 Å². The van der Waals surface area contributed by atoms with Crippen molar-refractivity contribution in [3.63, 3.8) is 0 Å². The van der Waals surface area contributed by atoms with E-state index in [9.17, 15) is 4.39 Å². The molecule has 0 aromatic heterocycles. The van der Waals surface area contributed by atoms with E-state index in [-0.39, 0.29) is 12.1 Å². The maximum Gasteiger partial charge on any atom is 0.157 e. The van der Waals surface area contributed by atoms with Gasteiger partial charge in [0.25, 0.3) is 0 Å². The van der Waals surface area contributed by atoms with Gasteiger partial charge in [-0.25, -0.2) is 4.39 Å². The molecule has 0 saturated heterocycles. The van der Waals surface area contributed by atoms with Gasteiger partial charge in [-0.05, 0) is 45.7 Å². The van der Waals surface area contributed by atoms with Gasteiger partial charge in [0.15, 0.2) is 5.76 Å². The molecule has 0 unspecified atom stereocenters. The van der Waals surface area contributed by atoms with Gasteiger partial charge in [0.05, 0.1) is 23.9 Å². The van der Waals surface area contributed by atoms with Crippen LogP contribution in [0.25, 0.3) is 0 Å². The lowest BCUT2D eigenvalue weighted by molar-refractivity contribution is -0.0272. The van der Waals surface area contributed by atoms with E-state index in [1.165, 1.54) is 0 Å². The Hall–Kier alpha value is -1.72. The zero-order valence-electron chi connectivity index (χ0n) is 16.1. The highest BCUT2D eigenvalue weighted by Crippen LogP contribution is 2.27. The number of allylic oxidation sites excluding steroid dienone is 1. The molecule has 1 aromatic carbocycles. The summed E-state index contributed by atoms with van der Waals surface area (Å²) in [4.78, 5) is 0. The van der Waals surface area contributed by atoms with Crippen molar-refractivity contribution in [3.05, 3.63) is 58.6 Å². The number of hydrogen-bond donors (Lipinski definition) is 1. The SMILES string of the molecule is CC(C)(OCCF)c1ccc(COC2=CNN(C(C)(C)C)C=C2Cl)cc1. The number of halogens is 2. The fourth-order valence-corrected chi connectivity index (χ4v) is 2.66. The number of nitrogens with zero attached hydrogens (tertiary/aromatic N) is 1. The van der Waals surface area contributed by atoms with Gasteiger partial charge in [-0.15, -0.1) is 0 Å². The number of rotatable bonds is 7. The lowest BCUT2D eigenvalue weighted by Gasteiger charge is -2.36. The number of hydrogen-bond acceptors (Lipinski definition) is 4. The Bertz CT molecular complexity index is 663. The van der Waals surface area contributed by atoms with Gasteiger partial charge in [0.2, 0.25) is 0 Å². The largest absolute Gasteiger partial charge is 0.486 e. The van der Waals surface area contributed by atoms with Crippen LogP contribution >= 0.6 is 11.6 Å². The van der Waals surface area contributed by atoms with E-state index in [0.29, 0.717) is 17.4 Å². The lowest BCUT2D eigenvalue weighted by Crippen LogP contribution is -2.46. The molecule has 0 atom stereocenters. The second-order valence-corrected chi connectivity index (χ2v) is 8.10. The standard InChI is InChI=1S/C20H28ClFN2O2/c1-19(2,3)24-13-17(21)18(12-23-24)25-14-15-6-8-16(9-7-15)20(4,5)26-11-10-22/h6-9,12-13,23H,10-11,14H2,1-5H3. The molecule has 1 aliphatic rings. The fourth-order valence-electron chi connectivity index (χ4n) is 2.45. The molecule has 6 heteroatoms. The first-order valence-electron chi connectivity index (χ1n) is 8.69. The Labute approximate surface area is 160 Å². The average Bonchev–Trinajstić information content (AvgIpc) is 2.58. The summed E-state index contributed by atoms with van der Waals surface area (Å²) in [7, 11) is 0. The molecular formula is C20H28ClFN2O2. The Morgan fingerprint density at radius 1 is 1.12 bits per heavy atom. The molecule has 1 aromatic rings. The van der Waals surface area contributed by atoms with Crippen LogP contribution in [0.3, 0.4) is 0 Å². The van der Waals surface area contributed by atoms with Gasteiger partial charge in [-0.2, -0.15) is 0 Å². The van der Waals surface area contributed by atoms with Gasteiger partial charge in [-0.3, -0.25) is 5.01 Å². The van der Waals surface area contributed by atoms with Crippen LogP contribution in [0, 0.1) is 0 Å². The first-order valence-corrected chi connectivity index (χ1v) is 9.07.